The first-order chi connectivity index (χ1) is 14.4. The van der Waals surface area contributed by atoms with Crippen molar-refractivity contribution in [1.29, 1.82) is 0 Å². The molecule has 2 saturated carbocycles. The lowest BCUT2D eigenvalue weighted by Crippen LogP contribution is -2.52. The first-order valence-corrected chi connectivity index (χ1v) is 11.9. The van der Waals surface area contributed by atoms with Crippen LogP contribution in [0.4, 0.5) is 4.79 Å². The van der Waals surface area contributed by atoms with E-state index in [2.05, 4.69) is 5.32 Å². The lowest BCUT2D eigenvalue weighted by Gasteiger charge is -2.38. The number of hydrogen-bond acceptors (Lipinski definition) is 2. The molecule has 5 nitrogen and oxygen atoms in total. The van der Waals surface area contributed by atoms with Gasteiger partial charge in [-0.2, -0.15) is 0 Å². The van der Waals surface area contributed by atoms with Crippen molar-refractivity contribution in [1.82, 2.24) is 15.1 Å². The van der Waals surface area contributed by atoms with Gasteiger partial charge in [0.15, 0.2) is 0 Å². The number of urea groups is 1. The van der Waals surface area contributed by atoms with Crippen LogP contribution >= 0.6 is 23.2 Å². The number of halogens is 2. The van der Waals surface area contributed by atoms with Gasteiger partial charge in [-0.05, 0) is 81.0 Å². The van der Waals surface area contributed by atoms with Gasteiger partial charge in [-0.1, -0.05) is 23.2 Å². The first-order valence-electron chi connectivity index (χ1n) is 11.2. The van der Waals surface area contributed by atoms with E-state index in [1.807, 2.05) is 29.0 Å². The van der Waals surface area contributed by atoms with E-state index in [0.717, 1.165) is 64.5 Å². The summed E-state index contributed by atoms with van der Waals surface area (Å²) in [5.74, 6) is 1.04. The molecule has 0 unspecified atom stereocenters. The van der Waals surface area contributed by atoms with Crippen molar-refractivity contribution in [2.24, 2.45) is 5.92 Å². The molecule has 164 valence electrons. The number of nitrogens with zero attached hydrogens (tertiary/aromatic N) is 2. The van der Waals surface area contributed by atoms with Gasteiger partial charge in [0.2, 0.25) is 5.91 Å². The Labute approximate surface area is 189 Å². The Bertz CT molecular complexity index is 762. The van der Waals surface area contributed by atoms with E-state index in [4.69, 9.17) is 23.2 Å². The number of amides is 3. The SMILES string of the molecule is CN(C(=O)N[C@H]1CC[C@H](c2cc(Cl)cc(Cl)c2)CC1)C1CCN(C(=O)C2CC2)CC1. The van der Waals surface area contributed by atoms with Gasteiger partial charge in [-0.25, -0.2) is 4.79 Å². The van der Waals surface area contributed by atoms with Gasteiger partial charge in [-0.3, -0.25) is 4.79 Å². The van der Waals surface area contributed by atoms with Crippen LogP contribution in [0.3, 0.4) is 0 Å². The molecular formula is C23H31Cl2N3O2. The zero-order valence-corrected chi connectivity index (χ0v) is 19.1. The Kier molecular flexibility index (Phi) is 6.78. The second-order valence-electron chi connectivity index (χ2n) is 9.14. The van der Waals surface area contributed by atoms with Crippen LogP contribution in [0.25, 0.3) is 0 Å². The summed E-state index contributed by atoms with van der Waals surface area (Å²) in [7, 11) is 1.89. The van der Waals surface area contributed by atoms with Crippen molar-refractivity contribution in [2.45, 2.75) is 69.4 Å². The molecule has 7 heteroatoms. The Hall–Kier alpha value is -1.46. The molecule has 1 aliphatic heterocycles. The number of benzene rings is 1. The van der Waals surface area contributed by atoms with Crippen molar-refractivity contribution >= 4 is 35.1 Å². The van der Waals surface area contributed by atoms with Crippen LogP contribution in [0, 0.1) is 5.92 Å². The Morgan fingerprint density at radius 2 is 1.53 bits per heavy atom. The third kappa shape index (κ3) is 5.23. The molecule has 30 heavy (non-hydrogen) atoms. The van der Waals surface area contributed by atoms with Gasteiger partial charge in [0, 0.05) is 48.2 Å². The monoisotopic (exact) mass is 451 g/mol. The summed E-state index contributed by atoms with van der Waals surface area (Å²) in [5, 5.41) is 4.59. The van der Waals surface area contributed by atoms with Crippen LogP contribution in [-0.4, -0.2) is 54.0 Å². The van der Waals surface area contributed by atoms with E-state index in [0.29, 0.717) is 21.9 Å². The van der Waals surface area contributed by atoms with E-state index < -0.39 is 0 Å². The molecule has 3 fully saturated rings. The number of nitrogens with one attached hydrogen (secondary N) is 1. The van der Waals surface area contributed by atoms with Crippen molar-refractivity contribution in [2.75, 3.05) is 20.1 Å². The Balaban J connectivity index is 1.22. The molecular weight excluding hydrogens is 421 g/mol. The summed E-state index contributed by atoms with van der Waals surface area (Å²) >= 11 is 12.3. The van der Waals surface area contributed by atoms with E-state index in [-0.39, 0.29) is 24.0 Å². The molecule has 4 rings (SSSR count). The highest BCUT2D eigenvalue weighted by molar-refractivity contribution is 6.34. The lowest BCUT2D eigenvalue weighted by molar-refractivity contribution is -0.133. The minimum Gasteiger partial charge on any atom is -0.342 e. The van der Waals surface area contributed by atoms with Gasteiger partial charge >= 0.3 is 6.03 Å². The fraction of sp³-hybridized carbons (Fsp3) is 0.652. The van der Waals surface area contributed by atoms with Crippen LogP contribution in [0.1, 0.15) is 62.8 Å². The highest BCUT2D eigenvalue weighted by atomic mass is 35.5. The minimum absolute atomic E-state index is 0.0104. The summed E-state index contributed by atoms with van der Waals surface area (Å²) in [6, 6.07) is 6.20. The van der Waals surface area contributed by atoms with Gasteiger partial charge in [0.25, 0.3) is 0 Å². The predicted molar refractivity (Wildman–Crippen MR) is 120 cm³/mol. The summed E-state index contributed by atoms with van der Waals surface area (Å²) < 4.78 is 0. The molecule has 2 aliphatic carbocycles. The molecule has 1 saturated heterocycles. The maximum absolute atomic E-state index is 12.8. The molecule has 1 aromatic carbocycles. The third-order valence-electron chi connectivity index (χ3n) is 6.98. The first kappa shape index (κ1) is 21.8. The zero-order valence-electron chi connectivity index (χ0n) is 17.6. The summed E-state index contributed by atoms with van der Waals surface area (Å²) in [6.07, 6.45) is 7.79. The Morgan fingerprint density at radius 1 is 0.933 bits per heavy atom. The second-order valence-corrected chi connectivity index (χ2v) is 10.0. The van der Waals surface area contributed by atoms with Crippen molar-refractivity contribution < 1.29 is 9.59 Å². The molecule has 0 radical (unpaired) electrons. The molecule has 1 aromatic rings. The zero-order chi connectivity index (χ0) is 21.3. The number of carbonyl (C=O) groups is 2. The lowest BCUT2D eigenvalue weighted by atomic mass is 9.82. The van der Waals surface area contributed by atoms with E-state index in [1.54, 1.807) is 6.07 Å². The Morgan fingerprint density at radius 3 is 2.10 bits per heavy atom. The van der Waals surface area contributed by atoms with E-state index in [9.17, 15) is 9.59 Å². The topological polar surface area (TPSA) is 52.7 Å². The smallest absolute Gasteiger partial charge is 0.317 e. The van der Waals surface area contributed by atoms with E-state index >= 15 is 0 Å². The van der Waals surface area contributed by atoms with Crippen LogP contribution in [0.5, 0.6) is 0 Å². The summed E-state index contributed by atoms with van der Waals surface area (Å²) in [5.41, 5.74) is 1.20. The molecule has 0 bridgehead atoms. The van der Waals surface area contributed by atoms with Gasteiger partial charge in [0.1, 0.15) is 0 Å². The molecule has 3 aliphatic rings. The summed E-state index contributed by atoms with van der Waals surface area (Å²) in [6.45, 7) is 1.54. The predicted octanol–water partition coefficient (Wildman–Crippen LogP) is 5.06. The fourth-order valence-corrected chi connectivity index (χ4v) is 5.43. The third-order valence-corrected chi connectivity index (χ3v) is 7.42. The molecule has 3 amide bonds. The van der Waals surface area contributed by atoms with Gasteiger partial charge < -0.3 is 15.1 Å². The average Bonchev–Trinajstić information content (AvgIpc) is 3.58. The fourth-order valence-electron chi connectivity index (χ4n) is 4.89. The van der Waals surface area contributed by atoms with E-state index in [1.165, 1.54) is 5.56 Å². The number of rotatable bonds is 4. The maximum atomic E-state index is 12.8. The highest BCUT2D eigenvalue weighted by Gasteiger charge is 2.36. The quantitative estimate of drug-likeness (QED) is 0.694. The molecule has 1 N–H and O–H groups in total. The molecule has 0 aromatic heterocycles. The van der Waals surface area contributed by atoms with Gasteiger partial charge in [0.05, 0.1) is 0 Å². The number of piperidine rings is 1. The number of likely N-dealkylation sites (tertiary alicyclic amines) is 1. The summed E-state index contributed by atoms with van der Waals surface area (Å²) in [4.78, 5) is 28.8. The van der Waals surface area contributed by atoms with Crippen LogP contribution in [0.2, 0.25) is 10.0 Å². The standard InChI is InChI=1S/C23H31Cl2N3O2/c1-27(21-8-10-28(11-9-21)22(29)16-2-3-16)23(30)26-20-6-4-15(5-7-20)17-12-18(24)14-19(25)13-17/h12-16,20-21H,2-11H2,1H3,(H,26,30)/t15-,20-. The highest BCUT2D eigenvalue weighted by Crippen LogP contribution is 2.36. The normalized spacial score (nSPS) is 25.1. The number of hydrogen-bond donors (Lipinski definition) is 1. The maximum Gasteiger partial charge on any atom is 0.317 e. The second kappa shape index (κ2) is 9.35. The van der Waals surface area contributed by atoms with Crippen molar-refractivity contribution in [3.63, 3.8) is 0 Å². The van der Waals surface area contributed by atoms with Crippen LogP contribution < -0.4 is 5.32 Å². The van der Waals surface area contributed by atoms with Crippen LogP contribution in [0.15, 0.2) is 18.2 Å². The average molecular weight is 452 g/mol. The number of carbonyl (C=O) groups excluding carboxylic acids is 2. The molecule has 0 spiro atoms. The van der Waals surface area contributed by atoms with Crippen molar-refractivity contribution in [3.05, 3.63) is 33.8 Å². The molecule has 1 heterocycles. The minimum atomic E-state index is 0.0104. The van der Waals surface area contributed by atoms with Crippen molar-refractivity contribution in [3.8, 4) is 0 Å². The molecule has 0 atom stereocenters. The largest absolute Gasteiger partial charge is 0.342 e. The van der Waals surface area contributed by atoms with Crippen LogP contribution in [-0.2, 0) is 4.79 Å². The van der Waals surface area contributed by atoms with Gasteiger partial charge in [-0.15, -0.1) is 0 Å².